The predicted molar refractivity (Wildman–Crippen MR) is 123 cm³/mol. The third-order valence-corrected chi connectivity index (χ3v) is 6.27. The monoisotopic (exact) mass is 431 g/mol. The Bertz CT molecular complexity index is 868. The third-order valence-electron chi connectivity index (χ3n) is 6.27. The lowest BCUT2D eigenvalue weighted by Crippen LogP contribution is -2.62. The van der Waals surface area contributed by atoms with E-state index in [9.17, 15) is 4.79 Å². The number of carbonyl (C=O) groups is 1. The summed E-state index contributed by atoms with van der Waals surface area (Å²) in [5.41, 5.74) is 2.06. The lowest BCUT2D eigenvalue weighted by atomic mass is 9.91. The molecule has 1 aliphatic heterocycles. The Morgan fingerprint density at radius 3 is 2.55 bits per heavy atom. The van der Waals surface area contributed by atoms with Gasteiger partial charge in [0.05, 0.1) is 31.4 Å². The fourth-order valence-electron chi connectivity index (χ4n) is 4.22. The van der Waals surface area contributed by atoms with E-state index in [1.165, 1.54) is 0 Å². The second kappa shape index (κ2) is 10.5. The van der Waals surface area contributed by atoms with Crippen LogP contribution in [-0.2, 0) is 15.9 Å². The second-order valence-electron chi connectivity index (χ2n) is 8.63. The average molecular weight is 432 g/mol. The number of hydrogen-bond donors (Lipinski definition) is 0. The van der Waals surface area contributed by atoms with Crippen molar-refractivity contribution in [2.45, 2.75) is 38.6 Å². The number of methoxy groups -OCH3 is 1. The molecule has 7 heteroatoms. The van der Waals surface area contributed by atoms with E-state index in [0.29, 0.717) is 6.61 Å². The number of benzene rings is 1. The lowest BCUT2D eigenvalue weighted by molar-refractivity contribution is -0.145. The minimum absolute atomic E-state index is 0.0957. The van der Waals surface area contributed by atoms with Gasteiger partial charge in [-0.25, -0.2) is 4.79 Å². The molecule has 0 radical (unpaired) electrons. The first-order valence-corrected chi connectivity index (χ1v) is 11.3. The second-order valence-corrected chi connectivity index (χ2v) is 8.63. The summed E-state index contributed by atoms with van der Waals surface area (Å²) >= 11 is 0. The highest BCUT2D eigenvalue weighted by Crippen LogP contribution is 2.29. The Morgan fingerprint density at radius 1 is 1.19 bits per heavy atom. The molecule has 1 saturated heterocycles. The van der Waals surface area contributed by atoms with Crippen molar-refractivity contribution in [3.05, 3.63) is 30.0 Å². The molecular weight excluding hydrogens is 394 g/mol. The number of hydrogen-bond acceptors (Lipinski definition) is 6. The predicted octanol–water partition coefficient (Wildman–Crippen LogP) is 3.63. The lowest BCUT2D eigenvalue weighted by Gasteiger charge is -2.49. The van der Waals surface area contributed by atoms with E-state index >= 15 is 0 Å². The van der Waals surface area contributed by atoms with Gasteiger partial charge in [-0.2, -0.15) is 0 Å². The molecule has 0 amide bonds. The molecule has 1 aromatic carbocycles. The van der Waals surface area contributed by atoms with E-state index in [4.69, 9.17) is 14.2 Å². The molecule has 1 fully saturated rings. The van der Waals surface area contributed by atoms with Gasteiger partial charge in [0.2, 0.25) is 0 Å². The van der Waals surface area contributed by atoms with E-state index in [1.807, 2.05) is 38.5 Å². The highest BCUT2D eigenvalue weighted by atomic mass is 16.5. The van der Waals surface area contributed by atoms with Gasteiger partial charge < -0.3 is 19.1 Å². The molecule has 3 rings (SSSR count). The first kappa shape index (κ1) is 23.6. The van der Waals surface area contributed by atoms with Crippen molar-refractivity contribution in [1.29, 1.82) is 0 Å². The van der Waals surface area contributed by atoms with Gasteiger partial charge in [0, 0.05) is 24.7 Å². The quantitative estimate of drug-likeness (QED) is 0.542. The van der Waals surface area contributed by atoms with E-state index in [0.717, 1.165) is 74.3 Å². The fourth-order valence-corrected chi connectivity index (χ4v) is 4.22. The Hall–Kier alpha value is -2.09. The summed E-state index contributed by atoms with van der Waals surface area (Å²) in [6, 6.07) is 5.80. The number of ether oxygens (including phenoxy) is 3. The zero-order valence-corrected chi connectivity index (χ0v) is 19.6. The van der Waals surface area contributed by atoms with Crippen LogP contribution in [0.1, 0.15) is 32.3 Å². The van der Waals surface area contributed by atoms with Crippen molar-refractivity contribution in [3.63, 3.8) is 0 Å². The Labute approximate surface area is 185 Å². The highest BCUT2D eigenvalue weighted by Gasteiger charge is 2.41. The van der Waals surface area contributed by atoms with Crippen molar-refractivity contribution in [1.82, 2.24) is 14.4 Å². The standard InChI is InChI=1S/C24H37N3O4/c1-6-11-26(24(7-2)17-30-18-24)13-14-31-23(28)27-16-19(10-12-25(3)4)21-15-20(29-5)8-9-22(21)27/h8-9,15-16H,6-7,10-14,17-18H2,1-5H3. The van der Waals surface area contributed by atoms with E-state index in [1.54, 1.807) is 11.7 Å². The molecular formula is C24H37N3O4. The van der Waals surface area contributed by atoms with Crippen LogP contribution in [0, 0.1) is 0 Å². The highest BCUT2D eigenvalue weighted by molar-refractivity contribution is 5.92. The summed E-state index contributed by atoms with van der Waals surface area (Å²) in [6.45, 7) is 8.87. The van der Waals surface area contributed by atoms with E-state index < -0.39 is 0 Å². The van der Waals surface area contributed by atoms with Crippen molar-refractivity contribution >= 4 is 17.0 Å². The van der Waals surface area contributed by atoms with Crippen LogP contribution in [0.3, 0.4) is 0 Å². The number of nitrogens with zero attached hydrogens (tertiary/aromatic N) is 3. The smallest absolute Gasteiger partial charge is 0.418 e. The van der Waals surface area contributed by atoms with Gasteiger partial charge in [-0.1, -0.05) is 13.8 Å². The molecule has 31 heavy (non-hydrogen) atoms. The number of rotatable bonds is 11. The summed E-state index contributed by atoms with van der Waals surface area (Å²) in [7, 11) is 5.75. The maximum atomic E-state index is 13.0. The molecule has 2 heterocycles. The molecule has 7 nitrogen and oxygen atoms in total. The summed E-state index contributed by atoms with van der Waals surface area (Å²) < 4.78 is 18.2. The molecule has 0 saturated carbocycles. The van der Waals surface area contributed by atoms with Gasteiger partial charge in [0.25, 0.3) is 0 Å². The van der Waals surface area contributed by atoms with Gasteiger partial charge in [0.1, 0.15) is 12.4 Å². The largest absolute Gasteiger partial charge is 0.497 e. The van der Waals surface area contributed by atoms with Crippen LogP contribution in [0.15, 0.2) is 24.4 Å². The van der Waals surface area contributed by atoms with Gasteiger partial charge in [-0.05, 0) is 63.7 Å². The van der Waals surface area contributed by atoms with Crippen LogP contribution in [0.2, 0.25) is 0 Å². The van der Waals surface area contributed by atoms with Crippen molar-refractivity contribution in [2.75, 3.05) is 60.7 Å². The van der Waals surface area contributed by atoms with Crippen LogP contribution in [0.25, 0.3) is 10.9 Å². The Morgan fingerprint density at radius 2 is 1.97 bits per heavy atom. The molecule has 1 aliphatic rings. The number of carbonyl (C=O) groups excluding carboxylic acids is 1. The molecule has 0 unspecified atom stereocenters. The van der Waals surface area contributed by atoms with Gasteiger partial charge >= 0.3 is 6.09 Å². The van der Waals surface area contributed by atoms with Crippen molar-refractivity contribution in [3.8, 4) is 5.75 Å². The molecule has 0 N–H and O–H groups in total. The fraction of sp³-hybridized carbons (Fsp3) is 0.625. The molecule has 172 valence electrons. The van der Waals surface area contributed by atoms with Gasteiger partial charge in [-0.3, -0.25) is 9.47 Å². The zero-order valence-electron chi connectivity index (χ0n) is 19.6. The minimum atomic E-state index is -0.335. The molecule has 1 aromatic heterocycles. The van der Waals surface area contributed by atoms with Gasteiger partial charge in [0.15, 0.2) is 0 Å². The van der Waals surface area contributed by atoms with Crippen LogP contribution in [0.5, 0.6) is 5.75 Å². The van der Waals surface area contributed by atoms with Crippen LogP contribution < -0.4 is 4.74 Å². The topological polar surface area (TPSA) is 56.2 Å². The normalized spacial score (nSPS) is 15.5. The Balaban J connectivity index is 1.72. The molecule has 0 atom stereocenters. The van der Waals surface area contributed by atoms with Crippen LogP contribution in [0.4, 0.5) is 4.79 Å². The number of fused-ring (bicyclic) bond motifs is 1. The van der Waals surface area contributed by atoms with Crippen LogP contribution in [-0.4, -0.2) is 86.7 Å². The maximum Gasteiger partial charge on any atom is 0.418 e. The summed E-state index contributed by atoms with van der Waals surface area (Å²) in [4.78, 5) is 17.5. The van der Waals surface area contributed by atoms with E-state index in [-0.39, 0.29) is 11.6 Å². The summed E-state index contributed by atoms with van der Waals surface area (Å²) in [5.74, 6) is 0.785. The van der Waals surface area contributed by atoms with Crippen molar-refractivity contribution in [2.24, 2.45) is 0 Å². The number of aromatic nitrogens is 1. The molecule has 0 spiro atoms. The van der Waals surface area contributed by atoms with E-state index in [2.05, 4.69) is 23.6 Å². The first-order chi connectivity index (χ1) is 14.9. The third kappa shape index (κ3) is 5.22. The summed E-state index contributed by atoms with van der Waals surface area (Å²) in [6.07, 6.45) is 4.53. The summed E-state index contributed by atoms with van der Waals surface area (Å²) in [5, 5.41) is 1.03. The zero-order chi connectivity index (χ0) is 22.4. The first-order valence-electron chi connectivity index (χ1n) is 11.3. The number of likely N-dealkylation sites (N-methyl/N-ethyl adjacent to an activating group) is 1. The van der Waals surface area contributed by atoms with Crippen LogP contribution >= 0.6 is 0 Å². The molecule has 2 aromatic rings. The molecule has 0 aliphatic carbocycles. The molecule has 0 bridgehead atoms. The van der Waals surface area contributed by atoms with Crippen molar-refractivity contribution < 1.29 is 19.0 Å². The Kier molecular flexibility index (Phi) is 7.97. The van der Waals surface area contributed by atoms with Gasteiger partial charge in [-0.15, -0.1) is 0 Å². The SMILES string of the molecule is CCCN(CCOC(=O)n1cc(CCN(C)C)c2cc(OC)ccc21)C1(CC)COC1. The average Bonchev–Trinajstić information content (AvgIpc) is 3.09. The minimum Gasteiger partial charge on any atom is -0.497 e. The maximum absolute atomic E-state index is 13.0.